The number of amides is 7. The highest BCUT2D eigenvalue weighted by molar-refractivity contribution is 6.13. The number of anilines is 2. The van der Waals surface area contributed by atoms with Gasteiger partial charge in [0.2, 0.25) is 29.6 Å². The molecule has 6 N–H and O–H groups in total. The average Bonchev–Trinajstić information content (AvgIpc) is 4.14. The zero-order chi connectivity index (χ0) is 49.7. The van der Waals surface area contributed by atoms with Crippen LogP contribution in [0.4, 0.5) is 11.9 Å². The van der Waals surface area contributed by atoms with Gasteiger partial charge in [0.15, 0.2) is 0 Å². The third-order valence-corrected chi connectivity index (χ3v) is 11.2. The van der Waals surface area contributed by atoms with Crippen LogP contribution in [0.25, 0.3) is 22.1 Å². The molecule has 7 rings (SSSR count). The Morgan fingerprint density at radius 2 is 1.20 bits per heavy atom. The molecule has 0 saturated heterocycles. The zero-order valence-corrected chi connectivity index (χ0v) is 38.9. The van der Waals surface area contributed by atoms with Gasteiger partial charge < -0.3 is 35.0 Å². The van der Waals surface area contributed by atoms with Gasteiger partial charge in [-0.15, -0.1) is 0 Å². The Balaban J connectivity index is 1.20. The van der Waals surface area contributed by atoms with Crippen LogP contribution in [0, 0.1) is 13.8 Å². The number of imidazole rings is 2. The number of carbonyl (C=O) groups excluding carboxylic acids is 7. The third-order valence-electron chi connectivity index (χ3n) is 11.2. The van der Waals surface area contributed by atoms with Crippen molar-refractivity contribution in [1.82, 2.24) is 48.5 Å². The van der Waals surface area contributed by atoms with Crippen molar-refractivity contribution in [1.29, 1.82) is 0 Å². The van der Waals surface area contributed by atoms with Crippen LogP contribution in [0.2, 0.25) is 0 Å². The molecule has 0 bridgehead atoms. The second kappa shape index (κ2) is 20.5. The number of nitrogens with zero attached hydrogens (tertiary/aromatic N) is 10. The van der Waals surface area contributed by atoms with E-state index in [0.29, 0.717) is 58.8 Å². The topological polar surface area (TPSA) is 292 Å². The summed E-state index contributed by atoms with van der Waals surface area (Å²) in [5.41, 5.74) is 15.0. The third kappa shape index (κ3) is 10.4. The summed E-state index contributed by atoms with van der Waals surface area (Å²) >= 11 is 0. The van der Waals surface area contributed by atoms with E-state index in [1.54, 1.807) is 63.7 Å². The van der Waals surface area contributed by atoms with E-state index in [2.05, 4.69) is 25.8 Å². The van der Waals surface area contributed by atoms with Crippen molar-refractivity contribution in [2.45, 2.75) is 66.7 Å². The van der Waals surface area contributed by atoms with Crippen LogP contribution < -0.4 is 31.6 Å². The highest BCUT2D eigenvalue weighted by Gasteiger charge is 2.26. The summed E-state index contributed by atoms with van der Waals surface area (Å²) < 4.78 is 18.5. The fraction of sp³-hybridized carbons (Fsp3) is 0.326. The van der Waals surface area contributed by atoms with E-state index in [-0.39, 0.29) is 85.2 Å². The number of imide groups is 1. The van der Waals surface area contributed by atoms with Crippen LogP contribution in [-0.4, -0.2) is 124 Å². The first-order chi connectivity index (χ1) is 33.0. The highest BCUT2D eigenvalue weighted by Crippen LogP contribution is 2.33. The van der Waals surface area contributed by atoms with Crippen molar-refractivity contribution in [2.75, 3.05) is 44.5 Å². The Hall–Kier alpha value is -8.63. The lowest BCUT2D eigenvalue weighted by atomic mass is 10.1. The Morgan fingerprint density at radius 3 is 1.67 bits per heavy atom. The van der Waals surface area contributed by atoms with Gasteiger partial charge in [0, 0.05) is 76.0 Å². The number of nitrogens with one attached hydrogen (secondary N) is 2. The van der Waals surface area contributed by atoms with Crippen molar-refractivity contribution >= 4 is 75.3 Å². The molecule has 7 amide bonds. The second-order valence-corrected chi connectivity index (χ2v) is 16.0. The Morgan fingerprint density at radius 1 is 0.725 bits per heavy atom. The number of aryl methyl sites for hydroxylation is 4. The number of hydrogen-bond acceptors (Lipinski definition) is 13. The Bertz CT molecular complexity index is 3080. The summed E-state index contributed by atoms with van der Waals surface area (Å²) in [5.74, 6) is -2.89. The molecule has 360 valence electrons. The summed E-state index contributed by atoms with van der Waals surface area (Å²) in [6, 6.07) is 9.28. The quantitative estimate of drug-likeness (QED) is 0.0459. The summed E-state index contributed by atoms with van der Waals surface area (Å²) in [5, 5.41) is 14.6. The first-order valence-corrected chi connectivity index (χ1v) is 22.0. The molecule has 0 unspecified atom stereocenters. The van der Waals surface area contributed by atoms with Gasteiger partial charge in [-0.2, -0.15) is 10.2 Å². The molecule has 2 aromatic carbocycles. The number of hydrogen-bond donors (Lipinski definition) is 4. The maximum atomic E-state index is 13.9. The summed E-state index contributed by atoms with van der Waals surface area (Å²) in [6.07, 6.45) is 6.20. The van der Waals surface area contributed by atoms with Gasteiger partial charge in [0.05, 0.1) is 36.1 Å². The van der Waals surface area contributed by atoms with Crippen molar-refractivity contribution < 1.29 is 43.0 Å². The minimum atomic E-state index is -0.747. The number of aromatic nitrogens is 8. The van der Waals surface area contributed by atoms with Gasteiger partial charge in [-0.05, 0) is 70.5 Å². The number of allylic oxidation sites excluding steroid dienone is 2. The van der Waals surface area contributed by atoms with E-state index in [4.69, 9.17) is 25.9 Å². The predicted octanol–water partition coefficient (Wildman–Crippen LogP) is 2.95. The zero-order valence-electron chi connectivity index (χ0n) is 38.9. The largest absolute Gasteiger partial charge is 0.494 e. The standard InChI is InChI=1S/C46H52N14O9/c1-7-59-32(20-26(3)53-59)43(66)51-45-49-30-22-28(41(47)64)24-34(68-6)39(30)57(45)16-9-10-17-58-40-31(50-46(58)52-44(67)33-21-27(4)54-60(33)8-2)23-29(42(48)65)25-35(40)69-19-11-15-55(5)36(61)14-18-56-37(62)12-13-38(56)63/h9-10,12-13,20-25H,7-8,11,14-19H2,1-6H3,(H2,47,64)(H2,48,65)(H,49,51,66)(H,50,52,67)/b10-9+. The van der Waals surface area contributed by atoms with Crippen LogP contribution in [-0.2, 0) is 40.6 Å². The lowest BCUT2D eigenvalue weighted by Crippen LogP contribution is -2.36. The molecule has 5 heterocycles. The number of rotatable bonds is 21. The lowest BCUT2D eigenvalue weighted by molar-refractivity contribution is -0.138. The number of benzene rings is 2. The maximum Gasteiger partial charge on any atom is 0.276 e. The lowest BCUT2D eigenvalue weighted by Gasteiger charge is -2.19. The fourth-order valence-corrected chi connectivity index (χ4v) is 7.84. The highest BCUT2D eigenvalue weighted by atomic mass is 16.5. The van der Waals surface area contributed by atoms with Crippen LogP contribution in [0.3, 0.4) is 0 Å². The van der Waals surface area contributed by atoms with E-state index in [1.165, 1.54) is 36.3 Å². The van der Waals surface area contributed by atoms with Gasteiger partial charge in [-0.25, -0.2) is 9.97 Å². The molecule has 1 aliphatic heterocycles. The van der Waals surface area contributed by atoms with E-state index in [0.717, 1.165) is 17.1 Å². The molecule has 23 nitrogen and oxygen atoms in total. The molecule has 0 fully saturated rings. The number of fused-ring (bicyclic) bond motifs is 2. The average molecular weight is 945 g/mol. The number of methoxy groups -OCH3 is 1. The maximum absolute atomic E-state index is 13.9. The Kier molecular flexibility index (Phi) is 14.3. The smallest absolute Gasteiger partial charge is 0.276 e. The van der Waals surface area contributed by atoms with Crippen LogP contribution in [0.15, 0.2) is 60.7 Å². The van der Waals surface area contributed by atoms with Crippen molar-refractivity contribution in [3.05, 3.63) is 94.6 Å². The van der Waals surface area contributed by atoms with Crippen LogP contribution in [0.5, 0.6) is 11.5 Å². The summed E-state index contributed by atoms with van der Waals surface area (Å²) in [6.45, 7) is 8.61. The second-order valence-electron chi connectivity index (χ2n) is 16.0. The minimum Gasteiger partial charge on any atom is -0.494 e. The van der Waals surface area contributed by atoms with Crippen molar-refractivity contribution in [3.8, 4) is 11.5 Å². The number of ether oxygens (including phenoxy) is 2. The SMILES string of the molecule is CCn1nc(C)cc1C(=O)Nc1nc2cc(C(N)=O)cc(OC)c2n1C/C=C/Cn1c(NC(=O)c2cc(C)nn2CC)nc2cc(C(N)=O)cc(OCCCN(C)C(=O)CCN3C(=O)C=CC3=O)c21. The van der Waals surface area contributed by atoms with Gasteiger partial charge >= 0.3 is 0 Å². The molecule has 1 aliphatic rings. The summed E-state index contributed by atoms with van der Waals surface area (Å²) in [4.78, 5) is 101. The van der Waals surface area contributed by atoms with Crippen LogP contribution >= 0.6 is 0 Å². The van der Waals surface area contributed by atoms with Crippen molar-refractivity contribution in [3.63, 3.8) is 0 Å². The van der Waals surface area contributed by atoms with E-state index < -0.39 is 35.4 Å². The van der Waals surface area contributed by atoms with Gasteiger partial charge in [0.25, 0.3) is 23.6 Å². The minimum absolute atomic E-state index is 0.0471. The number of carbonyl (C=O) groups is 7. The first kappa shape index (κ1) is 48.3. The van der Waals surface area contributed by atoms with Gasteiger partial charge in [0.1, 0.15) is 33.9 Å². The van der Waals surface area contributed by atoms with Crippen LogP contribution in [0.1, 0.15) is 79.8 Å². The van der Waals surface area contributed by atoms with E-state index >= 15 is 0 Å². The molecule has 6 aromatic rings. The monoisotopic (exact) mass is 944 g/mol. The van der Waals surface area contributed by atoms with Gasteiger partial charge in [-0.1, -0.05) is 12.2 Å². The molecule has 23 heteroatoms. The molecule has 69 heavy (non-hydrogen) atoms. The molecule has 4 aromatic heterocycles. The molecule has 0 aliphatic carbocycles. The predicted molar refractivity (Wildman–Crippen MR) is 252 cm³/mol. The number of nitrogens with two attached hydrogens (primary N) is 2. The molecular formula is C46H52N14O9. The fourth-order valence-electron chi connectivity index (χ4n) is 7.84. The van der Waals surface area contributed by atoms with Gasteiger partial charge in [-0.3, -0.25) is 58.5 Å². The van der Waals surface area contributed by atoms with E-state index in [1.807, 2.05) is 13.8 Å². The molecular weight excluding hydrogens is 893 g/mol. The van der Waals surface area contributed by atoms with Crippen molar-refractivity contribution in [2.24, 2.45) is 11.5 Å². The van der Waals surface area contributed by atoms with E-state index in [9.17, 15) is 33.6 Å². The molecule has 0 spiro atoms. The molecule has 0 radical (unpaired) electrons. The summed E-state index contributed by atoms with van der Waals surface area (Å²) in [7, 11) is 3.04. The Labute approximate surface area is 394 Å². The number of primary amides is 2. The molecule has 0 saturated carbocycles. The first-order valence-electron chi connectivity index (χ1n) is 22.0. The molecule has 0 atom stereocenters. The normalized spacial score (nSPS) is 12.5.